The van der Waals surface area contributed by atoms with Crippen LogP contribution in [0.15, 0.2) is 38.3 Å². The summed E-state index contributed by atoms with van der Waals surface area (Å²) in [6, 6.07) is 6.95. The van der Waals surface area contributed by atoms with Gasteiger partial charge >= 0.3 is 0 Å². The first-order valence-corrected chi connectivity index (χ1v) is 8.78. The van der Waals surface area contributed by atoms with Gasteiger partial charge in [0.1, 0.15) is 4.21 Å². The smallest absolute Gasteiger partial charge is 0.269 e. The van der Waals surface area contributed by atoms with Crippen molar-refractivity contribution >= 4 is 48.7 Å². The Morgan fingerprint density at radius 2 is 1.86 bits per heavy atom. The molecule has 1 heterocycles. The van der Waals surface area contributed by atoms with E-state index in [0.29, 0.717) is 5.69 Å². The van der Waals surface area contributed by atoms with Crippen molar-refractivity contribution in [3.8, 4) is 0 Å². The lowest BCUT2D eigenvalue weighted by Crippen LogP contribution is -2.25. The first-order valence-electron chi connectivity index (χ1n) is 5.73. The summed E-state index contributed by atoms with van der Waals surface area (Å²) >= 11 is 4.43. The van der Waals surface area contributed by atoms with E-state index in [4.69, 9.17) is 0 Å². The predicted molar refractivity (Wildman–Crippen MR) is 85.4 cm³/mol. The number of nitro groups is 1. The summed E-state index contributed by atoms with van der Waals surface area (Å²) in [6.45, 7) is 1.81. The molecule has 0 spiro atoms. The van der Waals surface area contributed by atoms with Crippen LogP contribution in [0, 0.1) is 17.0 Å². The highest BCUT2D eigenvalue weighted by atomic mass is 79.9. The predicted octanol–water partition coefficient (Wildman–Crippen LogP) is 3.55. The molecule has 112 valence electrons. The van der Waals surface area contributed by atoms with Gasteiger partial charge in [-0.25, -0.2) is 8.42 Å². The largest absolute Gasteiger partial charge is 0.273 e. The number of rotatable bonds is 4. The van der Waals surface area contributed by atoms with Crippen molar-refractivity contribution in [2.75, 3.05) is 11.4 Å². The Hall–Kier alpha value is -1.45. The lowest BCUT2D eigenvalue weighted by Gasteiger charge is -2.18. The lowest BCUT2D eigenvalue weighted by atomic mass is 10.3. The lowest BCUT2D eigenvalue weighted by molar-refractivity contribution is -0.384. The van der Waals surface area contributed by atoms with Crippen molar-refractivity contribution in [1.29, 1.82) is 0 Å². The summed E-state index contributed by atoms with van der Waals surface area (Å²) in [5.41, 5.74) is 1.12. The number of halogens is 1. The summed E-state index contributed by atoms with van der Waals surface area (Å²) in [6.07, 6.45) is 0. The van der Waals surface area contributed by atoms with Gasteiger partial charge in [0.15, 0.2) is 0 Å². The number of aryl methyl sites for hydroxylation is 1. The number of hydrogen-bond acceptors (Lipinski definition) is 5. The Morgan fingerprint density at radius 1 is 1.29 bits per heavy atom. The summed E-state index contributed by atoms with van der Waals surface area (Å²) in [5.74, 6) is 0. The highest BCUT2D eigenvalue weighted by Gasteiger charge is 2.24. The monoisotopic (exact) mass is 390 g/mol. The average Bonchev–Trinajstić information content (AvgIpc) is 2.78. The molecule has 0 bridgehead atoms. The van der Waals surface area contributed by atoms with Gasteiger partial charge in [0.05, 0.1) is 14.4 Å². The third-order valence-corrected chi connectivity index (χ3v) is 7.24. The zero-order valence-electron chi connectivity index (χ0n) is 11.1. The maximum atomic E-state index is 12.5. The number of anilines is 1. The molecule has 0 fully saturated rings. The van der Waals surface area contributed by atoms with E-state index in [1.54, 1.807) is 6.07 Å². The third kappa shape index (κ3) is 3.09. The van der Waals surface area contributed by atoms with Crippen LogP contribution >= 0.6 is 27.3 Å². The quantitative estimate of drug-likeness (QED) is 0.590. The first-order chi connectivity index (χ1) is 9.73. The molecule has 6 nitrogen and oxygen atoms in total. The van der Waals surface area contributed by atoms with Gasteiger partial charge in [-0.15, -0.1) is 11.3 Å². The zero-order chi connectivity index (χ0) is 15.8. The van der Waals surface area contributed by atoms with E-state index in [0.717, 1.165) is 25.0 Å². The molecule has 0 aliphatic heterocycles. The number of benzene rings is 1. The van der Waals surface area contributed by atoms with Gasteiger partial charge < -0.3 is 0 Å². The summed E-state index contributed by atoms with van der Waals surface area (Å²) < 4.78 is 27.1. The molecule has 0 atom stereocenters. The highest BCUT2D eigenvalue weighted by molar-refractivity contribution is 9.11. The van der Waals surface area contributed by atoms with Crippen molar-refractivity contribution < 1.29 is 13.3 Å². The molecule has 0 radical (unpaired) electrons. The van der Waals surface area contributed by atoms with Gasteiger partial charge in [-0.2, -0.15) is 0 Å². The van der Waals surface area contributed by atoms with Crippen LogP contribution in [0.4, 0.5) is 11.4 Å². The minimum atomic E-state index is -3.67. The average molecular weight is 391 g/mol. The zero-order valence-corrected chi connectivity index (χ0v) is 14.3. The molecule has 9 heteroatoms. The summed E-state index contributed by atoms with van der Waals surface area (Å²) in [4.78, 5) is 10.1. The molecule has 0 aliphatic rings. The standard InChI is InChI=1S/C12H11BrN2O4S2/c1-8-7-11(20-12(8)13)21(18,19)14(2)9-3-5-10(6-4-9)15(16)17/h3-7H,1-2H3. The van der Waals surface area contributed by atoms with Gasteiger partial charge in [0.2, 0.25) is 0 Å². The van der Waals surface area contributed by atoms with Crippen LogP contribution in [0.2, 0.25) is 0 Å². The van der Waals surface area contributed by atoms with Gasteiger partial charge in [-0.3, -0.25) is 14.4 Å². The van der Waals surface area contributed by atoms with E-state index in [-0.39, 0.29) is 9.90 Å². The molecule has 1 aromatic heterocycles. The Balaban J connectivity index is 2.38. The number of sulfonamides is 1. The molecule has 0 unspecified atom stereocenters. The minimum Gasteiger partial charge on any atom is -0.269 e. The topological polar surface area (TPSA) is 80.5 Å². The van der Waals surface area contributed by atoms with E-state index < -0.39 is 14.9 Å². The van der Waals surface area contributed by atoms with Crippen LogP contribution in [0.3, 0.4) is 0 Å². The first kappa shape index (κ1) is 15.9. The number of non-ortho nitro benzene ring substituents is 1. The molecule has 2 aromatic rings. The molecule has 0 N–H and O–H groups in total. The van der Waals surface area contributed by atoms with Crippen LogP contribution < -0.4 is 4.31 Å². The van der Waals surface area contributed by atoms with Crippen molar-refractivity contribution in [2.45, 2.75) is 11.1 Å². The molecule has 0 aliphatic carbocycles. The fourth-order valence-corrected chi connectivity index (χ4v) is 5.21. The summed E-state index contributed by atoms with van der Waals surface area (Å²) in [7, 11) is -2.26. The summed E-state index contributed by atoms with van der Waals surface area (Å²) in [5, 5.41) is 10.6. The number of hydrogen-bond donors (Lipinski definition) is 0. The van der Waals surface area contributed by atoms with E-state index in [1.165, 1.54) is 31.3 Å². The van der Waals surface area contributed by atoms with E-state index >= 15 is 0 Å². The minimum absolute atomic E-state index is 0.0840. The van der Waals surface area contributed by atoms with E-state index in [2.05, 4.69) is 15.9 Å². The molecule has 0 saturated carbocycles. The molecule has 0 amide bonds. The number of thiophene rings is 1. The van der Waals surface area contributed by atoms with Crippen LogP contribution in [-0.4, -0.2) is 20.4 Å². The fraction of sp³-hybridized carbons (Fsp3) is 0.167. The van der Waals surface area contributed by atoms with Gasteiger partial charge in [-0.05, 0) is 46.6 Å². The van der Waals surface area contributed by atoms with Crippen LogP contribution in [-0.2, 0) is 10.0 Å². The Morgan fingerprint density at radius 3 is 2.29 bits per heavy atom. The Bertz CT molecular complexity index is 765. The number of nitrogens with zero attached hydrogens (tertiary/aromatic N) is 2. The van der Waals surface area contributed by atoms with Crippen LogP contribution in [0.25, 0.3) is 0 Å². The van der Waals surface area contributed by atoms with Crippen molar-refractivity contribution in [2.24, 2.45) is 0 Å². The van der Waals surface area contributed by atoms with Crippen molar-refractivity contribution in [1.82, 2.24) is 0 Å². The van der Waals surface area contributed by atoms with Crippen LogP contribution in [0.5, 0.6) is 0 Å². The SMILES string of the molecule is Cc1cc(S(=O)(=O)N(C)c2ccc([N+](=O)[O-])cc2)sc1Br. The highest BCUT2D eigenvalue weighted by Crippen LogP contribution is 2.33. The van der Waals surface area contributed by atoms with Crippen molar-refractivity contribution in [3.05, 3.63) is 49.8 Å². The maximum absolute atomic E-state index is 12.5. The van der Waals surface area contributed by atoms with Gasteiger partial charge in [-0.1, -0.05) is 0 Å². The van der Waals surface area contributed by atoms with Crippen LogP contribution in [0.1, 0.15) is 5.56 Å². The fourth-order valence-electron chi connectivity index (χ4n) is 1.62. The Labute approximate surface area is 134 Å². The molecule has 1 aromatic carbocycles. The van der Waals surface area contributed by atoms with Gasteiger partial charge in [0.25, 0.3) is 15.7 Å². The normalized spacial score (nSPS) is 11.4. The Kier molecular flexibility index (Phi) is 4.35. The van der Waals surface area contributed by atoms with Crippen molar-refractivity contribution in [3.63, 3.8) is 0 Å². The molecule has 21 heavy (non-hydrogen) atoms. The molecular weight excluding hydrogens is 380 g/mol. The molecular formula is C12H11BrN2O4S2. The van der Waals surface area contributed by atoms with E-state index in [9.17, 15) is 18.5 Å². The third-order valence-electron chi connectivity index (χ3n) is 2.87. The van der Waals surface area contributed by atoms with Gasteiger partial charge in [0, 0.05) is 19.2 Å². The second-order valence-electron chi connectivity index (χ2n) is 4.27. The molecule has 2 rings (SSSR count). The number of nitro benzene ring substituents is 1. The second kappa shape index (κ2) is 5.74. The second-order valence-corrected chi connectivity index (χ2v) is 8.83. The maximum Gasteiger partial charge on any atom is 0.273 e. The van der Waals surface area contributed by atoms with E-state index in [1.807, 2.05) is 6.92 Å². The molecule has 0 saturated heterocycles.